The molecule has 0 aliphatic heterocycles. The van der Waals surface area contributed by atoms with Crippen molar-refractivity contribution in [2.75, 3.05) is 19.5 Å². The van der Waals surface area contributed by atoms with Crippen LogP contribution in [-0.2, 0) is 12.8 Å². The Bertz CT molecular complexity index is 968. The summed E-state index contributed by atoms with van der Waals surface area (Å²) in [6.45, 7) is 2.10. The van der Waals surface area contributed by atoms with Crippen LogP contribution in [0, 0.1) is 0 Å². The number of H-pyrrole nitrogens is 1. The lowest BCUT2D eigenvalue weighted by molar-refractivity contribution is 0.354. The van der Waals surface area contributed by atoms with E-state index in [0.29, 0.717) is 29.6 Å². The van der Waals surface area contributed by atoms with Crippen molar-refractivity contribution in [3.05, 3.63) is 69.6 Å². The van der Waals surface area contributed by atoms with E-state index in [0.717, 1.165) is 17.7 Å². The second kappa shape index (κ2) is 8.35. The highest BCUT2D eigenvalue weighted by atomic mass is 16.5. The van der Waals surface area contributed by atoms with Crippen molar-refractivity contribution in [1.29, 1.82) is 0 Å². The molecule has 3 aromatic rings. The minimum atomic E-state index is -0.285. The summed E-state index contributed by atoms with van der Waals surface area (Å²) in [5.74, 6) is 1.54. The summed E-state index contributed by atoms with van der Waals surface area (Å²) >= 11 is 0. The molecule has 27 heavy (non-hydrogen) atoms. The molecule has 7 heteroatoms. The summed E-state index contributed by atoms with van der Waals surface area (Å²) in [6.07, 6.45) is 1.32. The maximum absolute atomic E-state index is 12.4. The molecule has 0 bridgehead atoms. The lowest BCUT2D eigenvalue weighted by Crippen LogP contribution is -2.18. The second-order valence-electron chi connectivity index (χ2n) is 5.99. The first-order valence-corrected chi connectivity index (χ1v) is 8.65. The van der Waals surface area contributed by atoms with E-state index < -0.39 is 0 Å². The first-order chi connectivity index (χ1) is 13.1. The fraction of sp³-hybridized carbons (Fsp3) is 0.250. The Hall–Kier alpha value is -3.35. The van der Waals surface area contributed by atoms with Gasteiger partial charge < -0.3 is 14.8 Å². The van der Waals surface area contributed by atoms with E-state index in [1.165, 1.54) is 5.56 Å². The Balaban J connectivity index is 1.75. The molecule has 0 atom stereocenters. The summed E-state index contributed by atoms with van der Waals surface area (Å²) < 4.78 is 10.5. The smallest absolute Gasteiger partial charge is 0.274 e. The Morgan fingerprint density at radius 1 is 0.963 bits per heavy atom. The Morgan fingerprint density at radius 2 is 1.67 bits per heavy atom. The highest BCUT2D eigenvalue weighted by molar-refractivity contribution is 5.53. The Labute approximate surface area is 157 Å². The van der Waals surface area contributed by atoms with Crippen LogP contribution in [0.15, 0.2) is 47.3 Å². The number of benzene rings is 2. The summed E-state index contributed by atoms with van der Waals surface area (Å²) in [5.41, 5.74) is 3.00. The number of aryl methyl sites for hydroxylation is 1. The minimum Gasteiger partial charge on any atom is -0.493 e. The van der Waals surface area contributed by atoms with Gasteiger partial charge in [0.15, 0.2) is 11.5 Å². The Morgan fingerprint density at radius 3 is 2.30 bits per heavy atom. The normalized spacial score (nSPS) is 10.5. The molecule has 0 saturated carbocycles. The number of methoxy groups -OCH3 is 2. The summed E-state index contributed by atoms with van der Waals surface area (Å²) in [6, 6.07) is 13.4. The van der Waals surface area contributed by atoms with Gasteiger partial charge >= 0.3 is 0 Å². The van der Waals surface area contributed by atoms with Gasteiger partial charge in [-0.05, 0) is 41.8 Å². The fourth-order valence-corrected chi connectivity index (χ4v) is 2.68. The van der Waals surface area contributed by atoms with Gasteiger partial charge in [0.05, 0.1) is 14.2 Å². The van der Waals surface area contributed by atoms with Crippen molar-refractivity contribution < 1.29 is 9.47 Å². The van der Waals surface area contributed by atoms with E-state index in [9.17, 15) is 4.79 Å². The molecule has 0 spiro atoms. The SMILES string of the molecule is CCc1ccc(Nc2nnc(Cc3ccc(OC)c(OC)c3)c(=O)[nH]2)cc1. The van der Waals surface area contributed by atoms with Crippen LogP contribution in [0.25, 0.3) is 0 Å². The van der Waals surface area contributed by atoms with Crippen LogP contribution in [0.4, 0.5) is 11.6 Å². The topological polar surface area (TPSA) is 89.1 Å². The van der Waals surface area contributed by atoms with Crippen LogP contribution in [0.1, 0.15) is 23.7 Å². The van der Waals surface area contributed by atoms with Gasteiger partial charge in [-0.25, -0.2) is 0 Å². The van der Waals surface area contributed by atoms with E-state index in [2.05, 4.69) is 27.4 Å². The molecular formula is C20H22N4O3. The highest BCUT2D eigenvalue weighted by Crippen LogP contribution is 2.28. The van der Waals surface area contributed by atoms with E-state index in [1.54, 1.807) is 20.3 Å². The molecule has 3 rings (SSSR count). The van der Waals surface area contributed by atoms with Gasteiger partial charge in [0.25, 0.3) is 5.56 Å². The minimum absolute atomic E-state index is 0.285. The van der Waals surface area contributed by atoms with Gasteiger partial charge in [0.2, 0.25) is 5.95 Å². The first kappa shape index (κ1) is 18.4. The molecule has 0 aliphatic rings. The molecule has 0 unspecified atom stereocenters. The van der Waals surface area contributed by atoms with Crippen LogP contribution >= 0.6 is 0 Å². The lowest BCUT2D eigenvalue weighted by Gasteiger charge is -2.09. The molecule has 0 fully saturated rings. The Kier molecular flexibility index (Phi) is 5.71. The highest BCUT2D eigenvalue weighted by Gasteiger charge is 2.10. The summed E-state index contributed by atoms with van der Waals surface area (Å²) in [4.78, 5) is 15.1. The molecule has 1 aromatic heterocycles. The largest absolute Gasteiger partial charge is 0.493 e. The number of nitrogens with zero attached hydrogens (tertiary/aromatic N) is 2. The van der Waals surface area contributed by atoms with Gasteiger partial charge in [0.1, 0.15) is 5.69 Å². The van der Waals surface area contributed by atoms with E-state index in [4.69, 9.17) is 9.47 Å². The zero-order valence-corrected chi connectivity index (χ0v) is 15.6. The second-order valence-corrected chi connectivity index (χ2v) is 5.99. The molecule has 2 aromatic carbocycles. The number of hydrogen-bond acceptors (Lipinski definition) is 6. The van der Waals surface area contributed by atoms with Crippen molar-refractivity contribution in [2.24, 2.45) is 0 Å². The third kappa shape index (κ3) is 4.44. The van der Waals surface area contributed by atoms with Crippen LogP contribution in [0.2, 0.25) is 0 Å². The van der Waals surface area contributed by atoms with Crippen molar-refractivity contribution in [3.8, 4) is 11.5 Å². The predicted molar refractivity (Wildman–Crippen MR) is 104 cm³/mol. The maximum atomic E-state index is 12.4. The van der Waals surface area contributed by atoms with Crippen LogP contribution in [0.3, 0.4) is 0 Å². The predicted octanol–water partition coefficient (Wildman–Crippen LogP) is 3.08. The molecule has 140 valence electrons. The molecule has 2 N–H and O–H groups in total. The van der Waals surface area contributed by atoms with Crippen LogP contribution in [0.5, 0.6) is 11.5 Å². The fourth-order valence-electron chi connectivity index (χ4n) is 2.68. The first-order valence-electron chi connectivity index (χ1n) is 8.65. The summed E-state index contributed by atoms with van der Waals surface area (Å²) in [5, 5.41) is 11.2. The van der Waals surface area contributed by atoms with Gasteiger partial charge in [0, 0.05) is 12.1 Å². The van der Waals surface area contributed by atoms with Gasteiger partial charge in [-0.15, -0.1) is 10.2 Å². The zero-order chi connectivity index (χ0) is 19.2. The van der Waals surface area contributed by atoms with Crippen molar-refractivity contribution >= 4 is 11.6 Å². The molecule has 0 saturated heterocycles. The zero-order valence-electron chi connectivity index (χ0n) is 15.6. The number of aromatic nitrogens is 3. The molecule has 1 heterocycles. The quantitative estimate of drug-likeness (QED) is 0.668. The number of anilines is 2. The van der Waals surface area contributed by atoms with Crippen molar-refractivity contribution in [1.82, 2.24) is 15.2 Å². The van der Waals surface area contributed by atoms with E-state index in [-0.39, 0.29) is 5.56 Å². The van der Waals surface area contributed by atoms with E-state index >= 15 is 0 Å². The third-order valence-corrected chi connectivity index (χ3v) is 4.21. The standard InChI is InChI=1S/C20H22N4O3/c1-4-13-5-8-15(9-6-13)21-20-22-19(25)16(23-24-20)11-14-7-10-17(26-2)18(12-14)27-3/h5-10,12H,4,11H2,1-3H3,(H2,21,22,24,25). The third-order valence-electron chi connectivity index (χ3n) is 4.21. The molecular weight excluding hydrogens is 344 g/mol. The number of rotatable bonds is 7. The van der Waals surface area contributed by atoms with Gasteiger partial charge in [-0.2, -0.15) is 0 Å². The van der Waals surface area contributed by atoms with Crippen LogP contribution in [-0.4, -0.2) is 29.4 Å². The summed E-state index contributed by atoms with van der Waals surface area (Å²) in [7, 11) is 3.15. The molecule has 0 amide bonds. The number of aromatic amines is 1. The molecule has 0 radical (unpaired) electrons. The molecule has 0 aliphatic carbocycles. The van der Waals surface area contributed by atoms with Crippen molar-refractivity contribution in [2.45, 2.75) is 19.8 Å². The number of nitrogens with one attached hydrogen (secondary N) is 2. The average molecular weight is 366 g/mol. The molecule has 7 nitrogen and oxygen atoms in total. The van der Waals surface area contributed by atoms with E-state index in [1.807, 2.05) is 36.4 Å². The number of hydrogen-bond donors (Lipinski definition) is 2. The average Bonchev–Trinajstić information content (AvgIpc) is 2.70. The van der Waals surface area contributed by atoms with Gasteiger partial charge in [-0.3, -0.25) is 9.78 Å². The monoisotopic (exact) mass is 366 g/mol. The van der Waals surface area contributed by atoms with Gasteiger partial charge in [-0.1, -0.05) is 25.1 Å². The number of ether oxygens (including phenoxy) is 2. The lowest BCUT2D eigenvalue weighted by atomic mass is 10.1. The van der Waals surface area contributed by atoms with Crippen LogP contribution < -0.4 is 20.3 Å². The maximum Gasteiger partial charge on any atom is 0.274 e. The van der Waals surface area contributed by atoms with Crippen molar-refractivity contribution in [3.63, 3.8) is 0 Å².